The lowest BCUT2D eigenvalue weighted by molar-refractivity contribution is 0.501. The minimum atomic E-state index is -0.602. The molecule has 0 spiro atoms. The van der Waals surface area contributed by atoms with Crippen molar-refractivity contribution in [3.8, 4) is 11.6 Å². The molecule has 0 aliphatic carbocycles. The SMILES string of the molecule is CC(C)c1cccn2nc([C@@H]3c4nc[nH]c4CCN3c3nnc(-c4cccc(F)n4)o3)cc12. The number of pyridine rings is 2. The summed E-state index contributed by atoms with van der Waals surface area (Å²) in [4.78, 5) is 13.7. The van der Waals surface area contributed by atoms with E-state index in [9.17, 15) is 4.39 Å². The topological polar surface area (TPSA) is 101 Å². The first-order valence-electron chi connectivity index (χ1n) is 10.8. The van der Waals surface area contributed by atoms with E-state index in [0.717, 1.165) is 29.0 Å². The van der Waals surface area contributed by atoms with Gasteiger partial charge in [-0.2, -0.15) is 9.49 Å². The number of nitrogens with zero attached hydrogens (tertiary/aromatic N) is 7. The molecule has 0 saturated heterocycles. The molecule has 1 N–H and O–H groups in total. The van der Waals surface area contributed by atoms with Crippen LogP contribution in [0.25, 0.3) is 17.1 Å². The standard InChI is InChI=1S/C23H21FN8O/c1-13(2)14-5-4-9-32-18(14)11-17(30-32)21-20-15(25-12-26-20)8-10-31(21)23-29-28-22(33-23)16-6-3-7-19(24)27-16/h3-7,9,11-13,21H,8,10H2,1-2H3,(H,25,26)/t21-/m1/s1. The van der Waals surface area contributed by atoms with E-state index < -0.39 is 5.95 Å². The number of H-pyrrole nitrogens is 1. The molecule has 10 heteroatoms. The summed E-state index contributed by atoms with van der Waals surface area (Å²) < 4.78 is 21.4. The van der Waals surface area contributed by atoms with Crippen LogP contribution in [0.3, 0.4) is 0 Å². The Labute approximate surface area is 188 Å². The molecule has 1 aliphatic rings. The zero-order valence-corrected chi connectivity index (χ0v) is 18.1. The number of anilines is 1. The van der Waals surface area contributed by atoms with Crippen LogP contribution in [-0.2, 0) is 6.42 Å². The fraction of sp³-hybridized carbons (Fsp3) is 0.261. The lowest BCUT2D eigenvalue weighted by Gasteiger charge is -2.32. The second-order valence-corrected chi connectivity index (χ2v) is 8.36. The van der Waals surface area contributed by atoms with Crippen LogP contribution in [0.5, 0.6) is 0 Å². The third kappa shape index (κ3) is 3.25. The molecular weight excluding hydrogens is 423 g/mol. The maximum Gasteiger partial charge on any atom is 0.319 e. The van der Waals surface area contributed by atoms with Crippen molar-refractivity contribution in [3.05, 3.63) is 77.5 Å². The summed E-state index contributed by atoms with van der Waals surface area (Å²) in [7, 11) is 0. The Bertz CT molecular complexity index is 1450. The van der Waals surface area contributed by atoms with Crippen molar-refractivity contribution in [1.29, 1.82) is 0 Å². The molecule has 0 fully saturated rings. The number of halogens is 1. The zero-order valence-electron chi connectivity index (χ0n) is 18.1. The van der Waals surface area contributed by atoms with Gasteiger partial charge in [0.15, 0.2) is 0 Å². The first-order valence-corrected chi connectivity index (χ1v) is 10.8. The lowest BCUT2D eigenvalue weighted by atomic mass is 9.99. The summed E-state index contributed by atoms with van der Waals surface area (Å²) in [6.07, 6.45) is 4.39. The van der Waals surface area contributed by atoms with Crippen LogP contribution in [0.1, 0.15) is 48.5 Å². The minimum Gasteiger partial charge on any atom is -0.402 e. The van der Waals surface area contributed by atoms with Crippen LogP contribution in [0, 0.1) is 5.95 Å². The number of aromatic nitrogens is 7. The van der Waals surface area contributed by atoms with Crippen molar-refractivity contribution in [2.45, 2.75) is 32.2 Å². The van der Waals surface area contributed by atoms with Crippen molar-refractivity contribution < 1.29 is 8.81 Å². The van der Waals surface area contributed by atoms with Crippen LogP contribution in [0.2, 0.25) is 0 Å². The Morgan fingerprint density at radius 1 is 1.18 bits per heavy atom. The molecule has 0 radical (unpaired) electrons. The zero-order chi connectivity index (χ0) is 22.5. The van der Waals surface area contributed by atoms with Gasteiger partial charge in [-0.1, -0.05) is 31.1 Å². The van der Waals surface area contributed by atoms with Gasteiger partial charge in [-0.15, -0.1) is 5.10 Å². The van der Waals surface area contributed by atoms with Gasteiger partial charge in [0.05, 0.1) is 23.2 Å². The third-order valence-corrected chi connectivity index (χ3v) is 5.97. The molecule has 6 heterocycles. The van der Waals surface area contributed by atoms with Gasteiger partial charge in [0, 0.05) is 24.9 Å². The Balaban J connectivity index is 1.45. The molecule has 0 aromatic carbocycles. The van der Waals surface area contributed by atoms with Crippen LogP contribution in [0.15, 0.2) is 53.3 Å². The van der Waals surface area contributed by atoms with E-state index in [0.29, 0.717) is 18.5 Å². The van der Waals surface area contributed by atoms with Crippen molar-refractivity contribution in [1.82, 2.24) is 34.8 Å². The lowest BCUT2D eigenvalue weighted by Crippen LogP contribution is -2.36. The van der Waals surface area contributed by atoms with E-state index in [1.54, 1.807) is 18.5 Å². The molecule has 166 valence electrons. The Hall–Kier alpha value is -4.08. The van der Waals surface area contributed by atoms with Crippen molar-refractivity contribution in [2.24, 2.45) is 0 Å². The third-order valence-electron chi connectivity index (χ3n) is 5.97. The van der Waals surface area contributed by atoms with Gasteiger partial charge in [0.2, 0.25) is 5.95 Å². The van der Waals surface area contributed by atoms with Crippen LogP contribution in [-0.4, -0.2) is 41.3 Å². The summed E-state index contributed by atoms with van der Waals surface area (Å²) in [6.45, 7) is 4.96. The molecule has 1 aliphatic heterocycles. The number of hydrogen-bond acceptors (Lipinski definition) is 7. The molecular formula is C23H21FN8O. The second-order valence-electron chi connectivity index (χ2n) is 8.36. The number of hydrogen-bond donors (Lipinski definition) is 1. The molecule has 0 saturated carbocycles. The highest BCUT2D eigenvalue weighted by molar-refractivity contribution is 5.59. The first kappa shape index (κ1) is 19.6. The maximum atomic E-state index is 13.6. The molecule has 1 atom stereocenters. The van der Waals surface area contributed by atoms with Gasteiger partial charge in [-0.05, 0) is 35.7 Å². The van der Waals surface area contributed by atoms with E-state index in [2.05, 4.69) is 51.1 Å². The summed E-state index contributed by atoms with van der Waals surface area (Å²) in [5.41, 5.74) is 5.33. The van der Waals surface area contributed by atoms with Crippen LogP contribution in [0.4, 0.5) is 10.4 Å². The van der Waals surface area contributed by atoms with Gasteiger partial charge in [-0.25, -0.2) is 14.5 Å². The second kappa shape index (κ2) is 7.51. The highest BCUT2D eigenvalue weighted by Gasteiger charge is 2.36. The number of rotatable bonds is 4. The van der Waals surface area contributed by atoms with Gasteiger partial charge < -0.3 is 14.3 Å². The average molecular weight is 444 g/mol. The normalized spacial score (nSPS) is 16.0. The van der Waals surface area contributed by atoms with Crippen LogP contribution >= 0.6 is 0 Å². The van der Waals surface area contributed by atoms with E-state index in [4.69, 9.17) is 9.52 Å². The van der Waals surface area contributed by atoms with E-state index in [1.807, 2.05) is 21.7 Å². The van der Waals surface area contributed by atoms with Gasteiger partial charge in [-0.3, -0.25) is 0 Å². The molecule has 0 amide bonds. The quantitative estimate of drug-likeness (QED) is 0.419. The Morgan fingerprint density at radius 3 is 2.94 bits per heavy atom. The predicted molar refractivity (Wildman–Crippen MR) is 118 cm³/mol. The van der Waals surface area contributed by atoms with E-state index >= 15 is 0 Å². The first-order chi connectivity index (χ1) is 16.1. The summed E-state index contributed by atoms with van der Waals surface area (Å²) >= 11 is 0. The van der Waals surface area contributed by atoms with E-state index in [-0.39, 0.29) is 17.6 Å². The van der Waals surface area contributed by atoms with Gasteiger partial charge >= 0.3 is 6.01 Å². The predicted octanol–water partition coefficient (Wildman–Crippen LogP) is 3.92. The minimum absolute atomic E-state index is 0.160. The van der Waals surface area contributed by atoms with Crippen LogP contribution < -0.4 is 4.90 Å². The van der Waals surface area contributed by atoms with Crippen molar-refractivity contribution in [3.63, 3.8) is 0 Å². The fourth-order valence-electron chi connectivity index (χ4n) is 4.42. The number of aromatic amines is 1. The fourth-order valence-corrected chi connectivity index (χ4v) is 4.42. The van der Waals surface area contributed by atoms with E-state index in [1.165, 1.54) is 11.6 Å². The Kier molecular flexibility index (Phi) is 4.46. The van der Waals surface area contributed by atoms with Gasteiger partial charge in [0.1, 0.15) is 11.7 Å². The summed E-state index contributed by atoms with van der Waals surface area (Å²) in [5, 5.41) is 13.2. The highest BCUT2D eigenvalue weighted by atomic mass is 19.1. The maximum absolute atomic E-state index is 13.6. The number of imidazole rings is 1. The molecule has 33 heavy (non-hydrogen) atoms. The summed E-state index contributed by atoms with van der Waals surface area (Å²) in [6, 6.07) is 10.7. The molecule has 9 nitrogen and oxygen atoms in total. The smallest absolute Gasteiger partial charge is 0.319 e. The Morgan fingerprint density at radius 2 is 2.09 bits per heavy atom. The van der Waals surface area contributed by atoms with Gasteiger partial charge in [0.25, 0.3) is 5.89 Å². The monoisotopic (exact) mass is 444 g/mol. The van der Waals surface area contributed by atoms with Crippen molar-refractivity contribution >= 4 is 11.5 Å². The average Bonchev–Trinajstić information content (AvgIpc) is 3.56. The molecule has 0 unspecified atom stereocenters. The number of nitrogens with one attached hydrogen (secondary N) is 1. The highest BCUT2D eigenvalue weighted by Crippen LogP contribution is 2.37. The molecule has 5 aromatic heterocycles. The van der Waals surface area contributed by atoms with Crippen molar-refractivity contribution in [2.75, 3.05) is 11.4 Å². The molecule has 6 rings (SSSR count). The summed E-state index contributed by atoms with van der Waals surface area (Å²) in [5.74, 6) is -0.0815. The molecule has 0 bridgehead atoms. The largest absolute Gasteiger partial charge is 0.402 e. The number of fused-ring (bicyclic) bond motifs is 2. The molecule has 5 aromatic rings.